The average Bonchev–Trinajstić information content (AvgIpc) is 2.85. The standard InChI is InChI=1S/C28H27ClF3NO4/c1-3-33(27(35)37-18-20-9-5-4-6-10-20)17-22-11-7-8-12-24(22)23-15-21(13-14-36-19(2)34)26(25(29)16-23)28(30,31)32/h4-12,15-16H,3,13-14,17-18H2,1-2H3. The molecule has 0 aromatic heterocycles. The van der Waals surface area contributed by atoms with E-state index in [1.807, 2.05) is 37.3 Å². The summed E-state index contributed by atoms with van der Waals surface area (Å²) in [6, 6.07) is 19.1. The third kappa shape index (κ3) is 7.73. The van der Waals surface area contributed by atoms with Gasteiger partial charge in [0.2, 0.25) is 0 Å². The number of esters is 1. The fraction of sp³-hybridized carbons (Fsp3) is 0.286. The second-order valence-electron chi connectivity index (χ2n) is 8.29. The first-order chi connectivity index (χ1) is 17.6. The summed E-state index contributed by atoms with van der Waals surface area (Å²) in [6.45, 7) is 3.46. The average molecular weight is 534 g/mol. The molecular formula is C28H27ClF3NO4. The Morgan fingerprint density at radius 1 is 0.946 bits per heavy atom. The predicted octanol–water partition coefficient (Wildman–Crippen LogP) is 7.29. The van der Waals surface area contributed by atoms with Gasteiger partial charge in [-0.2, -0.15) is 13.2 Å². The summed E-state index contributed by atoms with van der Waals surface area (Å²) >= 11 is 6.13. The highest BCUT2D eigenvalue weighted by Crippen LogP contribution is 2.40. The van der Waals surface area contributed by atoms with Gasteiger partial charge in [0, 0.05) is 26.4 Å². The van der Waals surface area contributed by atoms with E-state index in [-0.39, 0.29) is 31.7 Å². The Morgan fingerprint density at radius 2 is 1.62 bits per heavy atom. The van der Waals surface area contributed by atoms with Crippen LogP contribution in [-0.4, -0.2) is 30.1 Å². The number of hydrogen-bond donors (Lipinski definition) is 0. The van der Waals surface area contributed by atoms with Gasteiger partial charge in [0.25, 0.3) is 0 Å². The van der Waals surface area contributed by atoms with Crippen molar-refractivity contribution in [1.29, 1.82) is 0 Å². The van der Waals surface area contributed by atoms with Crippen LogP contribution in [0.25, 0.3) is 11.1 Å². The number of amides is 1. The number of hydrogen-bond acceptors (Lipinski definition) is 4. The molecule has 37 heavy (non-hydrogen) atoms. The molecule has 0 bridgehead atoms. The molecule has 1 amide bonds. The van der Waals surface area contributed by atoms with Gasteiger partial charge in [-0.15, -0.1) is 0 Å². The molecule has 3 rings (SSSR count). The molecule has 0 saturated carbocycles. The Balaban J connectivity index is 1.89. The fourth-order valence-corrected chi connectivity index (χ4v) is 4.25. The van der Waals surface area contributed by atoms with E-state index in [1.54, 1.807) is 24.3 Å². The molecule has 0 aliphatic rings. The number of nitrogens with zero attached hydrogens (tertiary/aromatic N) is 1. The lowest BCUT2D eigenvalue weighted by Crippen LogP contribution is -2.31. The van der Waals surface area contributed by atoms with Gasteiger partial charge < -0.3 is 14.4 Å². The lowest BCUT2D eigenvalue weighted by molar-refractivity contribution is -0.141. The molecule has 3 aromatic rings. The van der Waals surface area contributed by atoms with Gasteiger partial charge in [-0.05, 0) is 40.8 Å². The van der Waals surface area contributed by atoms with Crippen molar-refractivity contribution >= 4 is 23.7 Å². The highest BCUT2D eigenvalue weighted by molar-refractivity contribution is 6.31. The Hall–Kier alpha value is -3.52. The van der Waals surface area contributed by atoms with Crippen molar-refractivity contribution in [3.63, 3.8) is 0 Å². The minimum absolute atomic E-state index is 0.0827. The summed E-state index contributed by atoms with van der Waals surface area (Å²) < 4.78 is 51.6. The molecule has 0 aliphatic carbocycles. The number of halogens is 4. The normalized spacial score (nSPS) is 11.2. The van der Waals surface area contributed by atoms with E-state index >= 15 is 0 Å². The van der Waals surface area contributed by atoms with Crippen LogP contribution >= 0.6 is 11.6 Å². The van der Waals surface area contributed by atoms with Crippen molar-refractivity contribution in [2.75, 3.05) is 13.2 Å². The lowest BCUT2D eigenvalue weighted by atomic mass is 9.94. The summed E-state index contributed by atoms with van der Waals surface area (Å²) in [5, 5.41) is -0.452. The molecule has 0 spiro atoms. The SMILES string of the molecule is CCN(Cc1ccccc1-c1cc(Cl)c(C(F)(F)F)c(CCOC(C)=O)c1)C(=O)OCc1ccccc1. The summed E-state index contributed by atoms with van der Waals surface area (Å²) in [5.41, 5.74) is 1.61. The fourth-order valence-electron chi connectivity index (χ4n) is 3.90. The molecule has 0 unspecified atom stereocenters. The first-order valence-electron chi connectivity index (χ1n) is 11.7. The van der Waals surface area contributed by atoms with Crippen molar-refractivity contribution in [2.45, 2.75) is 39.6 Å². The maximum atomic E-state index is 13.8. The third-order valence-corrected chi connectivity index (χ3v) is 5.96. The van der Waals surface area contributed by atoms with E-state index in [2.05, 4.69) is 0 Å². The molecule has 3 aromatic carbocycles. The lowest BCUT2D eigenvalue weighted by Gasteiger charge is -2.23. The maximum Gasteiger partial charge on any atom is 0.418 e. The van der Waals surface area contributed by atoms with Crippen molar-refractivity contribution in [3.05, 3.63) is 94.0 Å². The van der Waals surface area contributed by atoms with Crippen LogP contribution in [0, 0.1) is 0 Å². The highest BCUT2D eigenvalue weighted by atomic mass is 35.5. The third-order valence-electron chi connectivity index (χ3n) is 5.67. The van der Waals surface area contributed by atoms with Crippen molar-refractivity contribution in [2.24, 2.45) is 0 Å². The number of carbonyl (C=O) groups excluding carboxylic acids is 2. The maximum absolute atomic E-state index is 13.8. The van der Waals surface area contributed by atoms with E-state index in [0.29, 0.717) is 23.2 Å². The summed E-state index contributed by atoms with van der Waals surface area (Å²) in [4.78, 5) is 25.4. The minimum atomic E-state index is -4.68. The van der Waals surface area contributed by atoms with Gasteiger partial charge >= 0.3 is 18.2 Å². The van der Waals surface area contributed by atoms with E-state index < -0.39 is 28.8 Å². The molecule has 0 heterocycles. The topological polar surface area (TPSA) is 55.8 Å². The summed E-state index contributed by atoms with van der Waals surface area (Å²) in [5.74, 6) is -0.583. The number of alkyl halides is 3. The molecule has 0 atom stereocenters. The van der Waals surface area contributed by atoms with Crippen LogP contribution in [-0.2, 0) is 40.0 Å². The number of benzene rings is 3. The van der Waals surface area contributed by atoms with E-state index in [0.717, 1.165) is 5.56 Å². The molecule has 196 valence electrons. The first-order valence-corrected chi connectivity index (χ1v) is 12.0. The molecule has 0 radical (unpaired) electrons. The molecule has 9 heteroatoms. The molecule has 0 fully saturated rings. The second kappa shape index (κ2) is 12.6. The Morgan fingerprint density at radius 3 is 2.27 bits per heavy atom. The molecule has 5 nitrogen and oxygen atoms in total. The van der Waals surface area contributed by atoms with Crippen LogP contribution in [0.4, 0.5) is 18.0 Å². The molecule has 0 N–H and O–H groups in total. The summed E-state index contributed by atoms with van der Waals surface area (Å²) in [7, 11) is 0. The number of ether oxygens (including phenoxy) is 2. The van der Waals surface area contributed by atoms with Crippen LogP contribution < -0.4 is 0 Å². The smallest absolute Gasteiger partial charge is 0.418 e. The Labute approximate surface area is 218 Å². The van der Waals surface area contributed by atoms with Gasteiger partial charge in [-0.1, -0.05) is 72.3 Å². The van der Waals surface area contributed by atoms with Gasteiger partial charge in [-0.3, -0.25) is 4.79 Å². The molecular weight excluding hydrogens is 507 g/mol. The van der Waals surface area contributed by atoms with Gasteiger partial charge in [0.1, 0.15) is 6.61 Å². The van der Waals surface area contributed by atoms with Crippen LogP contribution in [0.3, 0.4) is 0 Å². The van der Waals surface area contributed by atoms with Crippen LogP contribution in [0.15, 0.2) is 66.7 Å². The molecule has 0 aliphatic heterocycles. The largest absolute Gasteiger partial charge is 0.466 e. The van der Waals surface area contributed by atoms with E-state index in [4.69, 9.17) is 21.1 Å². The van der Waals surface area contributed by atoms with Crippen LogP contribution in [0.1, 0.15) is 36.1 Å². The molecule has 0 saturated heterocycles. The highest BCUT2D eigenvalue weighted by Gasteiger charge is 2.36. The van der Waals surface area contributed by atoms with Gasteiger partial charge in [0.05, 0.1) is 17.2 Å². The van der Waals surface area contributed by atoms with Crippen LogP contribution in [0.5, 0.6) is 0 Å². The zero-order chi connectivity index (χ0) is 27.0. The Bertz CT molecular complexity index is 1230. The minimum Gasteiger partial charge on any atom is -0.466 e. The van der Waals surface area contributed by atoms with E-state index in [9.17, 15) is 22.8 Å². The zero-order valence-corrected chi connectivity index (χ0v) is 21.2. The Kier molecular flexibility index (Phi) is 9.58. The van der Waals surface area contributed by atoms with Gasteiger partial charge in [0.15, 0.2) is 0 Å². The van der Waals surface area contributed by atoms with Crippen molar-refractivity contribution in [3.8, 4) is 11.1 Å². The number of rotatable bonds is 9. The van der Waals surface area contributed by atoms with E-state index in [1.165, 1.54) is 24.0 Å². The number of carbonyl (C=O) groups is 2. The quantitative estimate of drug-likeness (QED) is 0.271. The monoisotopic (exact) mass is 533 g/mol. The predicted molar refractivity (Wildman–Crippen MR) is 135 cm³/mol. The van der Waals surface area contributed by atoms with Gasteiger partial charge in [-0.25, -0.2) is 4.79 Å². The first kappa shape index (κ1) is 28.1. The van der Waals surface area contributed by atoms with Crippen LogP contribution in [0.2, 0.25) is 5.02 Å². The summed E-state index contributed by atoms with van der Waals surface area (Å²) in [6.07, 6.45) is -5.34. The van der Waals surface area contributed by atoms with Crippen molar-refractivity contribution < 1.29 is 32.2 Å². The van der Waals surface area contributed by atoms with Crippen molar-refractivity contribution in [1.82, 2.24) is 4.90 Å². The zero-order valence-electron chi connectivity index (χ0n) is 20.5. The second-order valence-corrected chi connectivity index (χ2v) is 8.70.